The van der Waals surface area contributed by atoms with Crippen LogP contribution in [0.5, 0.6) is 0 Å². The van der Waals surface area contributed by atoms with Gasteiger partial charge in [-0.3, -0.25) is 4.79 Å². The van der Waals surface area contributed by atoms with Crippen LogP contribution in [0.15, 0.2) is 33.3 Å². The Morgan fingerprint density at radius 3 is 2.37 bits per heavy atom. The molecule has 10 heteroatoms. The van der Waals surface area contributed by atoms with Crippen molar-refractivity contribution in [2.75, 3.05) is 0 Å². The first-order valence-corrected chi connectivity index (χ1v) is 6.39. The summed E-state index contributed by atoms with van der Waals surface area (Å²) in [7, 11) is -4.31. The molecule has 2 aliphatic heterocycles. The van der Waals surface area contributed by atoms with Crippen molar-refractivity contribution in [3.05, 3.63) is 29.3 Å². The normalized spacial score (nSPS) is 21.9. The van der Waals surface area contributed by atoms with Crippen LogP contribution in [0.1, 0.15) is 15.9 Å². The second-order valence-corrected chi connectivity index (χ2v) is 5.61. The van der Waals surface area contributed by atoms with E-state index in [1.54, 1.807) is 4.72 Å². The molecule has 0 unspecified atom stereocenters. The number of carbonyl (C=O) groups excluding carboxylic acids is 1. The maximum Gasteiger partial charge on any atom is 0.442 e. The van der Waals surface area contributed by atoms with E-state index < -0.39 is 38.2 Å². The van der Waals surface area contributed by atoms with Crippen LogP contribution in [0.3, 0.4) is 0 Å². The van der Waals surface area contributed by atoms with Gasteiger partial charge < -0.3 is 0 Å². The Bertz CT molecular complexity index is 733. The minimum absolute atomic E-state index is 0.335. The Balaban J connectivity index is 2.31. The highest BCUT2D eigenvalue weighted by Crippen LogP contribution is 2.54. The molecule has 1 aromatic carbocycles. The van der Waals surface area contributed by atoms with E-state index in [0.29, 0.717) is 0 Å². The maximum atomic E-state index is 12.9. The number of alkyl halides is 3. The van der Waals surface area contributed by atoms with Crippen LogP contribution in [-0.4, -0.2) is 20.5 Å². The Morgan fingerprint density at radius 1 is 1.21 bits per heavy atom. The Labute approximate surface area is 104 Å². The van der Waals surface area contributed by atoms with Crippen molar-refractivity contribution in [3.63, 3.8) is 0 Å². The van der Waals surface area contributed by atoms with Gasteiger partial charge in [0.2, 0.25) is 0 Å². The van der Waals surface area contributed by atoms with Crippen molar-refractivity contribution in [2.24, 2.45) is 10.2 Å². The minimum Gasteiger partial charge on any atom is -0.268 e. The molecule has 6 nitrogen and oxygen atoms in total. The summed E-state index contributed by atoms with van der Waals surface area (Å²) in [4.78, 5) is 10.7. The van der Waals surface area contributed by atoms with E-state index in [1.165, 1.54) is 0 Å². The number of carbonyl (C=O) groups is 1. The highest BCUT2D eigenvalue weighted by Gasteiger charge is 2.67. The number of halogens is 3. The van der Waals surface area contributed by atoms with Crippen LogP contribution >= 0.6 is 0 Å². The number of fused-ring (bicyclic) bond motifs is 1. The van der Waals surface area contributed by atoms with Crippen molar-refractivity contribution >= 4 is 15.9 Å². The second-order valence-electron chi connectivity index (χ2n) is 3.99. The Morgan fingerprint density at radius 2 is 1.84 bits per heavy atom. The summed E-state index contributed by atoms with van der Waals surface area (Å²) in [6, 6.07) is 3.24. The summed E-state index contributed by atoms with van der Waals surface area (Å²) >= 11 is 0. The Kier molecular flexibility index (Phi) is 1.99. The third-order valence-electron chi connectivity index (χ3n) is 2.83. The molecule has 1 aromatic rings. The van der Waals surface area contributed by atoms with Gasteiger partial charge in [-0.25, -0.2) is 13.1 Å². The zero-order chi connectivity index (χ0) is 14.1. The maximum absolute atomic E-state index is 12.9. The summed E-state index contributed by atoms with van der Waals surface area (Å²) in [5, 5.41) is 5.88. The lowest BCUT2D eigenvalue weighted by molar-refractivity contribution is -0.166. The van der Waals surface area contributed by atoms with Crippen molar-refractivity contribution in [3.8, 4) is 0 Å². The van der Waals surface area contributed by atoms with Gasteiger partial charge in [-0.1, -0.05) is 12.1 Å². The molecule has 0 spiro atoms. The minimum atomic E-state index is -4.86. The van der Waals surface area contributed by atoms with Gasteiger partial charge >= 0.3 is 11.8 Å². The number of hydrogen-bond acceptors (Lipinski definition) is 5. The van der Waals surface area contributed by atoms with Gasteiger partial charge in [-0.2, -0.15) is 13.2 Å². The van der Waals surface area contributed by atoms with Crippen LogP contribution in [0.4, 0.5) is 13.2 Å². The molecule has 0 atom stereocenters. The van der Waals surface area contributed by atoms with Gasteiger partial charge in [0.05, 0.1) is 5.56 Å². The topological polar surface area (TPSA) is 88.0 Å². The summed E-state index contributed by atoms with van der Waals surface area (Å²) < 4.78 is 63.8. The van der Waals surface area contributed by atoms with Crippen LogP contribution in [-0.2, 0) is 15.7 Å². The predicted octanol–water partition coefficient (Wildman–Crippen LogP) is 1.30. The molecule has 0 bridgehead atoms. The first-order valence-electron chi connectivity index (χ1n) is 4.90. The molecule has 0 saturated carbocycles. The average Bonchev–Trinajstić information content (AvgIpc) is 3.03. The zero-order valence-corrected chi connectivity index (χ0v) is 9.71. The molecule has 0 aliphatic carbocycles. The van der Waals surface area contributed by atoms with E-state index >= 15 is 0 Å². The lowest BCUT2D eigenvalue weighted by Gasteiger charge is -2.16. The third-order valence-corrected chi connectivity index (χ3v) is 4.26. The molecule has 100 valence electrons. The van der Waals surface area contributed by atoms with Crippen molar-refractivity contribution < 1.29 is 26.4 Å². The summed E-state index contributed by atoms with van der Waals surface area (Å²) in [5.41, 5.74) is -3.87. The second kappa shape index (κ2) is 3.13. The van der Waals surface area contributed by atoms with Crippen molar-refractivity contribution in [1.82, 2.24) is 4.72 Å². The molecule has 3 rings (SSSR count). The van der Waals surface area contributed by atoms with Crippen LogP contribution in [0, 0.1) is 0 Å². The van der Waals surface area contributed by atoms with E-state index in [2.05, 4.69) is 10.2 Å². The fraction of sp³-hybridized carbons (Fsp3) is 0.222. The van der Waals surface area contributed by atoms with Crippen molar-refractivity contribution in [1.29, 1.82) is 0 Å². The molecule has 19 heavy (non-hydrogen) atoms. The van der Waals surface area contributed by atoms with Crippen molar-refractivity contribution in [2.45, 2.75) is 16.7 Å². The number of rotatable bonds is 1. The van der Waals surface area contributed by atoms with Gasteiger partial charge in [-0.15, -0.1) is 10.2 Å². The van der Waals surface area contributed by atoms with E-state index in [4.69, 9.17) is 0 Å². The lowest BCUT2D eigenvalue weighted by atomic mass is 10.00. The van der Waals surface area contributed by atoms with E-state index in [1.807, 2.05) is 0 Å². The molecule has 0 saturated heterocycles. The van der Waals surface area contributed by atoms with Gasteiger partial charge in [-0.05, 0) is 6.07 Å². The fourth-order valence-corrected chi connectivity index (χ4v) is 3.34. The molecule has 0 aromatic heterocycles. The number of nitrogens with zero attached hydrogens (tertiary/aromatic N) is 2. The molecular formula is C9H4F3N3O3S. The number of hydrogen-bond donors (Lipinski definition) is 1. The smallest absolute Gasteiger partial charge is 0.268 e. The Hall–Kier alpha value is -1.97. The number of sulfonamides is 1. The van der Waals surface area contributed by atoms with Crippen LogP contribution in [0.2, 0.25) is 0 Å². The lowest BCUT2D eigenvalue weighted by Crippen LogP contribution is -2.32. The molecular weight excluding hydrogens is 287 g/mol. The number of benzene rings is 1. The van der Waals surface area contributed by atoms with Gasteiger partial charge in [0.15, 0.2) is 0 Å². The van der Waals surface area contributed by atoms with Gasteiger partial charge in [0.1, 0.15) is 4.90 Å². The predicted molar refractivity (Wildman–Crippen MR) is 53.7 cm³/mol. The quantitative estimate of drug-likeness (QED) is 0.845. The monoisotopic (exact) mass is 291 g/mol. The molecule has 1 N–H and O–H groups in total. The molecule has 1 amide bonds. The molecule has 2 aliphatic rings. The number of nitrogens with one attached hydrogen (secondary N) is 1. The fourth-order valence-electron chi connectivity index (χ4n) is 1.93. The highest BCUT2D eigenvalue weighted by atomic mass is 32.2. The molecule has 0 radical (unpaired) electrons. The third kappa shape index (κ3) is 1.43. The number of amides is 1. The zero-order valence-electron chi connectivity index (χ0n) is 8.89. The van der Waals surface area contributed by atoms with E-state index in [0.717, 1.165) is 18.2 Å². The van der Waals surface area contributed by atoms with E-state index in [-0.39, 0.29) is 5.56 Å². The standard InChI is InChI=1S/C9H4F3N3O3S/c10-9(11,12)8(14-15-8)5-3-1-2-4-6(5)19(17,18)13-7(4)16/h1-3H,(H,13,16). The SMILES string of the molecule is O=C1NS(=O)(=O)c2c1cccc2C1(C(F)(F)F)N=N1. The summed E-state index contributed by atoms with van der Waals surface area (Å²) in [5.74, 6) is -0.963. The average molecular weight is 291 g/mol. The van der Waals surface area contributed by atoms with Crippen LogP contribution < -0.4 is 4.72 Å². The van der Waals surface area contributed by atoms with E-state index in [9.17, 15) is 26.4 Å². The van der Waals surface area contributed by atoms with Crippen LogP contribution in [0.25, 0.3) is 0 Å². The first-order chi connectivity index (χ1) is 8.69. The largest absolute Gasteiger partial charge is 0.442 e. The summed E-state index contributed by atoms with van der Waals surface area (Å²) in [6.07, 6.45) is -4.86. The summed E-state index contributed by atoms with van der Waals surface area (Å²) in [6.45, 7) is 0. The molecule has 0 fully saturated rings. The van der Waals surface area contributed by atoms with Gasteiger partial charge in [0, 0.05) is 5.56 Å². The van der Waals surface area contributed by atoms with Gasteiger partial charge in [0.25, 0.3) is 15.9 Å². The molecule has 2 heterocycles. The first kappa shape index (κ1) is 12.1. The highest BCUT2D eigenvalue weighted by molar-refractivity contribution is 7.90.